The van der Waals surface area contributed by atoms with Crippen molar-refractivity contribution in [2.75, 3.05) is 13.1 Å². The molecule has 0 bridgehead atoms. The monoisotopic (exact) mass is 390 g/mol. The molecular formula is C25H28NO3+. The molecule has 6 rings (SSSR count). The van der Waals surface area contributed by atoms with Crippen molar-refractivity contribution in [1.82, 2.24) is 0 Å². The van der Waals surface area contributed by atoms with E-state index in [0.29, 0.717) is 23.2 Å². The molecule has 2 aromatic rings. The van der Waals surface area contributed by atoms with Crippen LogP contribution >= 0.6 is 0 Å². The van der Waals surface area contributed by atoms with E-state index in [1.807, 2.05) is 36.4 Å². The molecule has 2 saturated carbocycles. The fourth-order valence-corrected chi connectivity index (χ4v) is 7.31. The second-order valence-electron chi connectivity index (χ2n) is 9.51. The summed E-state index contributed by atoms with van der Waals surface area (Å²) in [7, 11) is 0. The van der Waals surface area contributed by atoms with Crippen molar-refractivity contribution < 1.29 is 19.1 Å². The first-order chi connectivity index (χ1) is 14.1. The first-order valence-corrected chi connectivity index (χ1v) is 11.0. The van der Waals surface area contributed by atoms with Crippen LogP contribution in [0.25, 0.3) is 0 Å². The minimum atomic E-state index is -1.77. The maximum atomic E-state index is 13.5. The first kappa shape index (κ1) is 17.7. The summed E-state index contributed by atoms with van der Waals surface area (Å²) in [6.07, 6.45) is 6.05. The first-order valence-electron chi connectivity index (χ1n) is 11.0. The SMILES string of the molecule is O=C(OC1CC2C13CCC3[N+]21CCCC1)C(O)(c1ccccc1)c1ccccc1. The number of nitrogens with zero attached hydrogens (tertiary/aromatic N) is 1. The van der Waals surface area contributed by atoms with Gasteiger partial charge in [0.05, 0.1) is 13.1 Å². The average molecular weight is 391 g/mol. The highest BCUT2D eigenvalue weighted by Gasteiger charge is 2.86. The minimum absolute atomic E-state index is 0.0398. The Hall–Kier alpha value is -2.17. The van der Waals surface area contributed by atoms with Crippen LogP contribution < -0.4 is 0 Å². The van der Waals surface area contributed by atoms with Crippen LogP contribution in [0.15, 0.2) is 60.7 Å². The van der Waals surface area contributed by atoms with Gasteiger partial charge >= 0.3 is 5.97 Å². The highest BCUT2D eigenvalue weighted by molar-refractivity contribution is 5.85. The van der Waals surface area contributed by atoms with Crippen LogP contribution in [0.4, 0.5) is 0 Å². The van der Waals surface area contributed by atoms with Crippen LogP contribution in [0.5, 0.6) is 0 Å². The number of carbonyl (C=O) groups is 1. The standard InChI is InChI=1S/C25H28NO3/c27-23(25(28,18-9-3-1-4-10-18)19-11-5-2-6-12-19)29-22-17-21-24(22)14-13-20(24)26(21)15-7-8-16-26/h1-6,9-12,20-22,28H,7-8,13-17H2/q+1. The van der Waals surface area contributed by atoms with Crippen LogP contribution in [0.2, 0.25) is 0 Å². The van der Waals surface area contributed by atoms with Crippen molar-refractivity contribution in [1.29, 1.82) is 0 Å². The molecule has 2 aliphatic carbocycles. The van der Waals surface area contributed by atoms with E-state index >= 15 is 0 Å². The Morgan fingerprint density at radius 2 is 1.55 bits per heavy atom. The molecule has 4 aliphatic rings. The lowest BCUT2D eigenvalue weighted by Crippen LogP contribution is -2.94. The zero-order chi connectivity index (χ0) is 19.7. The molecule has 29 heavy (non-hydrogen) atoms. The van der Waals surface area contributed by atoms with Gasteiger partial charge in [0, 0.05) is 25.7 Å². The van der Waals surface area contributed by atoms with E-state index in [0.717, 1.165) is 6.42 Å². The van der Waals surface area contributed by atoms with Gasteiger partial charge in [-0.3, -0.25) is 0 Å². The second kappa shape index (κ2) is 5.93. The van der Waals surface area contributed by atoms with Gasteiger partial charge in [-0.2, -0.15) is 0 Å². The number of hydrogen-bond acceptors (Lipinski definition) is 3. The van der Waals surface area contributed by atoms with Crippen LogP contribution in [0, 0.1) is 5.41 Å². The zero-order valence-corrected chi connectivity index (χ0v) is 16.7. The lowest BCUT2D eigenvalue weighted by atomic mass is 9.39. The van der Waals surface area contributed by atoms with Crippen molar-refractivity contribution in [2.24, 2.45) is 5.41 Å². The highest BCUT2D eigenvalue weighted by atomic mass is 16.6. The summed E-state index contributed by atoms with van der Waals surface area (Å²) in [6, 6.07) is 19.8. The van der Waals surface area contributed by atoms with E-state index in [1.165, 1.54) is 43.3 Å². The van der Waals surface area contributed by atoms with Gasteiger partial charge < -0.3 is 14.3 Å². The van der Waals surface area contributed by atoms with E-state index in [1.54, 1.807) is 24.3 Å². The molecule has 4 heteroatoms. The number of rotatable bonds is 4. The fourth-order valence-electron chi connectivity index (χ4n) is 7.31. The number of carbonyl (C=O) groups excluding carboxylic acids is 1. The van der Waals surface area contributed by atoms with Crippen LogP contribution in [0.3, 0.4) is 0 Å². The van der Waals surface area contributed by atoms with Gasteiger partial charge in [0.1, 0.15) is 23.6 Å². The predicted molar refractivity (Wildman–Crippen MR) is 109 cm³/mol. The van der Waals surface area contributed by atoms with Crippen molar-refractivity contribution in [2.45, 2.75) is 55.9 Å². The van der Waals surface area contributed by atoms with Crippen molar-refractivity contribution >= 4 is 5.97 Å². The fraction of sp³-hybridized carbons (Fsp3) is 0.480. The van der Waals surface area contributed by atoms with Gasteiger partial charge in [0.15, 0.2) is 0 Å². The molecular weight excluding hydrogens is 362 g/mol. The van der Waals surface area contributed by atoms with Gasteiger partial charge in [0.25, 0.3) is 0 Å². The Kier molecular flexibility index (Phi) is 3.61. The smallest absolute Gasteiger partial charge is 0.347 e. The summed E-state index contributed by atoms with van der Waals surface area (Å²) < 4.78 is 7.42. The van der Waals surface area contributed by atoms with E-state index < -0.39 is 11.6 Å². The lowest BCUT2D eigenvalue weighted by Gasteiger charge is -2.80. The van der Waals surface area contributed by atoms with E-state index in [9.17, 15) is 9.90 Å². The molecule has 2 aromatic carbocycles. The number of aliphatic hydroxyl groups is 1. The Morgan fingerprint density at radius 1 is 0.966 bits per heavy atom. The predicted octanol–water partition coefficient (Wildman–Crippen LogP) is 3.38. The van der Waals surface area contributed by atoms with E-state index in [4.69, 9.17) is 4.74 Å². The molecule has 4 atom stereocenters. The summed E-state index contributed by atoms with van der Waals surface area (Å²) in [4.78, 5) is 13.5. The quantitative estimate of drug-likeness (QED) is 0.643. The van der Waals surface area contributed by atoms with Gasteiger partial charge in [-0.05, 0) is 17.5 Å². The molecule has 0 amide bonds. The van der Waals surface area contributed by atoms with Gasteiger partial charge in [-0.25, -0.2) is 4.79 Å². The number of piperidine rings is 2. The molecule has 4 nitrogen and oxygen atoms in total. The Balaban J connectivity index is 1.29. The number of benzene rings is 2. The normalized spacial score (nSPS) is 33.6. The maximum Gasteiger partial charge on any atom is 0.347 e. The molecule has 4 unspecified atom stereocenters. The second-order valence-corrected chi connectivity index (χ2v) is 9.51. The molecule has 2 saturated heterocycles. The molecule has 150 valence electrons. The summed E-state index contributed by atoms with van der Waals surface area (Å²) >= 11 is 0. The molecule has 0 radical (unpaired) electrons. The number of fused-ring (bicyclic) bond motifs is 2. The van der Waals surface area contributed by atoms with Gasteiger partial charge in [-0.1, -0.05) is 60.7 Å². The highest BCUT2D eigenvalue weighted by Crippen LogP contribution is 2.73. The summed E-state index contributed by atoms with van der Waals surface area (Å²) in [6.45, 7) is 2.63. The summed E-state index contributed by atoms with van der Waals surface area (Å²) in [5, 5.41) is 11.7. The van der Waals surface area contributed by atoms with Crippen molar-refractivity contribution in [3.05, 3.63) is 71.8 Å². The largest absolute Gasteiger partial charge is 0.458 e. The molecule has 2 spiro atoms. The Bertz CT molecular complexity index is 888. The van der Waals surface area contributed by atoms with Gasteiger partial charge in [-0.15, -0.1) is 0 Å². The maximum absolute atomic E-state index is 13.5. The molecule has 4 fully saturated rings. The van der Waals surface area contributed by atoms with Crippen LogP contribution in [-0.2, 0) is 15.1 Å². The Labute approximate surface area is 171 Å². The number of hydrogen-bond donors (Lipinski definition) is 1. The topological polar surface area (TPSA) is 46.5 Å². The summed E-state index contributed by atoms with van der Waals surface area (Å²) in [5.74, 6) is -0.529. The van der Waals surface area contributed by atoms with Crippen LogP contribution in [-0.4, -0.2) is 46.8 Å². The summed E-state index contributed by atoms with van der Waals surface area (Å²) in [5.41, 5.74) is -0.445. The molecule has 1 N–H and O–H groups in total. The zero-order valence-electron chi connectivity index (χ0n) is 16.7. The lowest BCUT2D eigenvalue weighted by molar-refractivity contribution is -1.05. The molecule has 2 aliphatic heterocycles. The van der Waals surface area contributed by atoms with Crippen molar-refractivity contribution in [3.8, 4) is 0 Å². The van der Waals surface area contributed by atoms with Crippen molar-refractivity contribution in [3.63, 3.8) is 0 Å². The minimum Gasteiger partial charge on any atom is -0.458 e. The average Bonchev–Trinajstić information content (AvgIpc) is 3.20. The number of quaternary nitrogens is 1. The van der Waals surface area contributed by atoms with E-state index in [2.05, 4.69) is 0 Å². The van der Waals surface area contributed by atoms with Gasteiger partial charge in [0.2, 0.25) is 5.60 Å². The number of ether oxygens (including phenoxy) is 1. The Morgan fingerprint density at radius 3 is 2.03 bits per heavy atom. The van der Waals surface area contributed by atoms with Crippen LogP contribution in [0.1, 0.15) is 43.2 Å². The van der Waals surface area contributed by atoms with E-state index in [-0.39, 0.29) is 11.5 Å². The third-order valence-electron chi connectivity index (χ3n) is 8.70. The third kappa shape index (κ3) is 2.04. The molecule has 0 aromatic heterocycles. The molecule has 2 heterocycles. The number of esters is 1. The third-order valence-corrected chi connectivity index (χ3v) is 8.70.